The summed E-state index contributed by atoms with van der Waals surface area (Å²) in [6.07, 6.45) is 1.75. The van der Waals surface area contributed by atoms with Gasteiger partial charge in [-0.1, -0.05) is 47.9 Å². The first-order valence-corrected chi connectivity index (χ1v) is 9.15. The standard InChI is InChI=1S/C23H16BN3O/c24-16-10-8-15(9-11-16)22-26-21-18-7-4-14-25-20(18)13-12-19(21)23(28)27(22)17-5-2-1-3-6-17/h1-14H,24H2. The van der Waals surface area contributed by atoms with E-state index in [1.807, 2.05) is 86.7 Å². The third-order valence-corrected chi connectivity index (χ3v) is 4.94. The molecule has 5 heteroatoms. The Morgan fingerprint density at radius 1 is 0.786 bits per heavy atom. The van der Waals surface area contributed by atoms with Crippen LogP contribution in [0, 0.1) is 0 Å². The van der Waals surface area contributed by atoms with Gasteiger partial charge in [-0.2, -0.15) is 0 Å². The summed E-state index contributed by atoms with van der Waals surface area (Å²) in [5, 5.41) is 1.46. The second-order valence-electron chi connectivity index (χ2n) is 6.81. The molecule has 0 saturated carbocycles. The number of hydrogen-bond donors (Lipinski definition) is 0. The fraction of sp³-hybridized carbons (Fsp3) is 0. The maximum atomic E-state index is 13.5. The Morgan fingerprint density at radius 2 is 1.57 bits per heavy atom. The smallest absolute Gasteiger partial charge is 0.266 e. The molecule has 2 aromatic heterocycles. The van der Waals surface area contributed by atoms with Crippen LogP contribution in [0.3, 0.4) is 0 Å². The van der Waals surface area contributed by atoms with E-state index in [2.05, 4.69) is 4.98 Å². The number of nitrogens with zero attached hydrogens (tertiary/aromatic N) is 3. The van der Waals surface area contributed by atoms with Crippen molar-refractivity contribution in [2.45, 2.75) is 0 Å². The van der Waals surface area contributed by atoms with Crippen molar-refractivity contribution < 1.29 is 0 Å². The number of fused-ring (bicyclic) bond motifs is 3. The van der Waals surface area contributed by atoms with Crippen LogP contribution in [-0.4, -0.2) is 22.4 Å². The molecule has 0 amide bonds. The van der Waals surface area contributed by atoms with Crippen LogP contribution in [0.25, 0.3) is 38.9 Å². The predicted octanol–water partition coefficient (Wildman–Crippen LogP) is 2.86. The molecule has 0 aliphatic rings. The van der Waals surface area contributed by atoms with Crippen molar-refractivity contribution in [1.29, 1.82) is 0 Å². The van der Waals surface area contributed by atoms with Gasteiger partial charge in [0, 0.05) is 17.1 Å². The van der Waals surface area contributed by atoms with Crippen LogP contribution < -0.4 is 11.0 Å². The van der Waals surface area contributed by atoms with Gasteiger partial charge < -0.3 is 0 Å². The van der Waals surface area contributed by atoms with E-state index in [0.717, 1.165) is 27.6 Å². The molecule has 0 bridgehead atoms. The molecule has 2 heterocycles. The summed E-state index contributed by atoms with van der Waals surface area (Å²) in [7, 11) is 2.04. The average molecular weight is 361 g/mol. The number of pyridine rings is 1. The Balaban J connectivity index is 1.95. The van der Waals surface area contributed by atoms with Gasteiger partial charge in [0.15, 0.2) is 0 Å². The van der Waals surface area contributed by atoms with E-state index in [9.17, 15) is 4.79 Å². The van der Waals surface area contributed by atoms with Crippen molar-refractivity contribution >= 4 is 35.1 Å². The third kappa shape index (κ3) is 2.60. The van der Waals surface area contributed by atoms with Gasteiger partial charge in [0.25, 0.3) is 5.56 Å². The van der Waals surface area contributed by atoms with Crippen LogP contribution >= 0.6 is 0 Å². The van der Waals surface area contributed by atoms with Gasteiger partial charge in [0.1, 0.15) is 13.7 Å². The molecule has 0 fully saturated rings. The lowest BCUT2D eigenvalue weighted by Crippen LogP contribution is -2.22. The minimum absolute atomic E-state index is 0.0856. The van der Waals surface area contributed by atoms with Crippen molar-refractivity contribution in [3.05, 3.63) is 95.4 Å². The molecular weight excluding hydrogens is 345 g/mol. The quantitative estimate of drug-likeness (QED) is 0.359. The van der Waals surface area contributed by atoms with Crippen LogP contribution in [0.4, 0.5) is 0 Å². The molecular formula is C23H16BN3O. The first-order chi connectivity index (χ1) is 13.7. The lowest BCUT2D eigenvalue weighted by Gasteiger charge is -2.15. The molecule has 0 radical (unpaired) electrons. The summed E-state index contributed by atoms with van der Waals surface area (Å²) >= 11 is 0. The minimum atomic E-state index is -0.0856. The van der Waals surface area contributed by atoms with Gasteiger partial charge in [-0.05, 0) is 36.4 Å². The van der Waals surface area contributed by atoms with Crippen LogP contribution in [-0.2, 0) is 0 Å². The minimum Gasteiger partial charge on any atom is -0.268 e. The summed E-state index contributed by atoms with van der Waals surface area (Å²) < 4.78 is 1.69. The number of benzene rings is 3. The van der Waals surface area contributed by atoms with Gasteiger partial charge in [0.2, 0.25) is 0 Å². The highest BCUT2D eigenvalue weighted by molar-refractivity contribution is 6.32. The summed E-state index contributed by atoms with van der Waals surface area (Å²) in [6.45, 7) is 0. The number of para-hydroxylation sites is 1. The molecule has 3 aromatic carbocycles. The Morgan fingerprint density at radius 3 is 2.36 bits per heavy atom. The van der Waals surface area contributed by atoms with Crippen molar-refractivity contribution in [2.75, 3.05) is 0 Å². The van der Waals surface area contributed by atoms with E-state index in [-0.39, 0.29) is 5.56 Å². The Kier molecular flexibility index (Phi) is 3.80. The molecule has 5 rings (SSSR count). The fourth-order valence-electron chi connectivity index (χ4n) is 3.52. The lowest BCUT2D eigenvalue weighted by atomic mass is 9.95. The fourth-order valence-corrected chi connectivity index (χ4v) is 3.52. The molecule has 0 N–H and O–H groups in total. The van der Waals surface area contributed by atoms with Crippen LogP contribution in [0.1, 0.15) is 0 Å². The van der Waals surface area contributed by atoms with Gasteiger partial charge in [-0.15, -0.1) is 0 Å². The molecule has 0 aliphatic heterocycles. The second-order valence-corrected chi connectivity index (χ2v) is 6.81. The molecule has 0 saturated heterocycles. The number of aromatic nitrogens is 3. The molecule has 0 unspecified atom stereocenters. The zero-order chi connectivity index (χ0) is 19.1. The largest absolute Gasteiger partial charge is 0.268 e. The van der Waals surface area contributed by atoms with Gasteiger partial charge in [-0.3, -0.25) is 14.3 Å². The topological polar surface area (TPSA) is 47.8 Å². The summed E-state index contributed by atoms with van der Waals surface area (Å²) in [5.74, 6) is 0.625. The second kappa shape index (κ2) is 6.46. The first-order valence-electron chi connectivity index (χ1n) is 9.15. The maximum Gasteiger partial charge on any atom is 0.266 e. The molecule has 0 atom stereocenters. The normalized spacial score (nSPS) is 11.1. The summed E-state index contributed by atoms with van der Waals surface area (Å²) in [5.41, 5.74) is 4.27. The van der Waals surface area contributed by atoms with Crippen LogP contribution in [0.15, 0.2) is 89.9 Å². The van der Waals surface area contributed by atoms with Gasteiger partial charge >= 0.3 is 0 Å². The third-order valence-electron chi connectivity index (χ3n) is 4.94. The molecule has 5 aromatic rings. The van der Waals surface area contributed by atoms with E-state index in [4.69, 9.17) is 4.98 Å². The first kappa shape index (κ1) is 16.4. The Bertz CT molecular complexity index is 1380. The number of rotatable bonds is 2. The Hall–Kier alpha value is -3.73. The van der Waals surface area contributed by atoms with Gasteiger partial charge in [-0.25, -0.2) is 4.98 Å². The van der Waals surface area contributed by atoms with Crippen LogP contribution in [0.2, 0.25) is 0 Å². The van der Waals surface area contributed by atoms with E-state index in [1.54, 1.807) is 10.8 Å². The summed E-state index contributed by atoms with van der Waals surface area (Å²) in [4.78, 5) is 22.9. The highest BCUT2D eigenvalue weighted by atomic mass is 16.1. The monoisotopic (exact) mass is 361 g/mol. The van der Waals surface area contributed by atoms with E-state index in [0.29, 0.717) is 16.7 Å². The summed E-state index contributed by atoms with van der Waals surface area (Å²) in [6, 6.07) is 25.2. The van der Waals surface area contributed by atoms with E-state index < -0.39 is 0 Å². The number of hydrogen-bond acceptors (Lipinski definition) is 3. The zero-order valence-electron chi connectivity index (χ0n) is 15.3. The zero-order valence-corrected chi connectivity index (χ0v) is 15.3. The SMILES string of the molecule is Bc1ccc(-c2nc3c(ccc4ncccc43)c(=O)n2-c2ccccc2)cc1. The molecule has 4 nitrogen and oxygen atoms in total. The molecule has 28 heavy (non-hydrogen) atoms. The van der Waals surface area contributed by atoms with Crippen LogP contribution in [0.5, 0.6) is 0 Å². The molecule has 132 valence electrons. The van der Waals surface area contributed by atoms with Crippen molar-refractivity contribution in [3.63, 3.8) is 0 Å². The van der Waals surface area contributed by atoms with Crippen molar-refractivity contribution in [1.82, 2.24) is 14.5 Å². The maximum absolute atomic E-state index is 13.5. The Labute approximate surface area is 162 Å². The van der Waals surface area contributed by atoms with Crippen molar-refractivity contribution in [2.24, 2.45) is 0 Å². The van der Waals surface area contributed by atoms with E-state index >= 15 is 0 Å². The van der Waals surface area contributed by atoms with Gasteiger partial charge in [0.05, 0.1) is 22.1 Å². The van der Waals surface area contributed by atoms with E-state index in [1.165, 1.54) is 0 Å². The predicted molar refractivity (Wildman–Crippen MR) is 116 cm³/mol. The highest BCUT2D eigenvalue weighted by Gasteiger charge is 2.16. The lowest BCUT2D eigenvalue weighted by molar-refractivity contribution is 0.977. The molecule has 0 spiro atoms. The van der Waals surface area contributed by atoms with Crippen molar-refractivity contribution in [3.8, 4) is 17.1 Å². The molecule has 0 aliphatic carbocycles. The highest BCUT2D eigenvalue weighted by Crippen LogP contribution is 2.25. The average Bonchev–Trinajstić information content (AvgIpc) is 2.74.